The molecule has 2 heterocycles. The van der Waals surface area contributed by atoms with E-state index in [-0.39, 0.29) is 18.8 Å². The van der Waals surface area contributed by atoms with Crippen molar-refractivity contribution in [3.63, 3.8) is 0 Å². The number of halogens is 3. The Labute approximate surface area is 143 Å². The second-order valence-electron chi connectivity index (χ2n) is 6.41. The number of carbonyl (C=O) groups is 1. The lowest BCUT2D eigenvalue weighted by Gasteiger charge is -2.32. The zero-order valence-corrected chi connectivity index (χ0v) is 14.0. The van der Waals surface area contributed by atoms with E-state index in [2.05, 4.69) is 4.98 Å². The Hall–Kier alpha value is -2.02. The Balaban J connectivity index is 1.66. The number of alkyl halides is 3. The summed E-state index contributed by atoms with van der Waals surface area (Å²) in [5.74, 6) is -1.54. The van der Waals surface area contributed by atoms with Gasteiger partial charge >= 0.3 is 12.1 Å². The fourth-order valence-electron chi connectivity index (χ4n) is 3.28. The Bertz CT molecular complexity index is 746. The lowest BCUT2D eigenvalue weighted by molar-refractivity contribution is -0.185. The van der Waals surface area contributed by atoms with Crippen LogP contribution in [-0.4, -0.2) is 41.7 Å². The minimum Gasteiger partial charge on any atom is -0.462 e. The maximum atomic E-state index is 12.7. The number of hydrogen-bond acceptors (Lipinski definition) is 3. The van der Waals surface area contributed by atoms with Crippen molar-refractivity contribution in [3.05, 3.63) is 35.5 Å². The summed E-state index contributed by atoms with van der Waals surface area (Å²) in [6.07, 6.45) is -3.79. The van der Waals surface area contributed by atoms with Gasteiger partial charge in [0.1, 0.15) is 0 Å². The van der Waals surface area contributed by atoms with Crippen molar-refractivity contribution in [2.24, 2.45) is 5.92 Å². The second-order valence-corrected chi connectivity index (χ2v) is 6.41. The molecular weight excluding hydrogens is 333 g/mol. The molecule has 0 bridgehead atoms. The van der Waals surface area contributed by atoms with E-state index in [0.717, 1.165) is 16.6 Å². The van der Waals surface area contributed by atoms with Gasteiger partial charge in [-0.05, 0) is 57.1 Å². The largest absolute Gasteiger partial charge is 0.462 e. The van der Waals surface area contributed by atoms with Gasteiger partial charge in [0.2, 0.25) is 0 Å². The molecule has 1 aliphatic heterocycles. The highest BCUT2D eigenvalue weighted by molar-refractivity contribution is 5.94. The van der Waals surface area contributed by atoms with Crippen LogP contribution in [0.15, 0.2) is 24.3 Å². The molecular formula is C18H21F3N2O2. The number of esters is 1. The van der Waals surface area contributed by atoms with E-state index in [1.165, 1.54) is 0 Å². The molecule has 0 unspecified atom stereocenters. The number of benzene rings is 1. The third kappa shape index (κ3) is 4.15. The summed E-state index contributed by atoms with van der Waals surface area (Å²) in [4.78, 5) is 17.1. The lowest BCUT2D eigenvalue weighted by Crippen LogP contribution is -2.38. The average molecular weight is 354 g/mol. The smallest absolute Gasteiger partial charge is 0.391 e. The molecule has 3 rings (SSSR count). The number of hydrogen-bond donors (Lipinski definition) is 1. The third-order valence-corrected chi connectivity index (χ3v) is 4.63. The third-order valence-electron chi connectivity index (χ3n) is 4.63. The van der Waals surface area contributed by atoms with Crippen LogP contribution in [0, 0.1) is 5.92 Å². The van der Waals surface area contributed by atoms with Gasteiger partial charge in [-0.1, -0.05) is 0 Å². The van der Waals surface area contributed by atoms with Crippen LogP contribution in [0.25, 0.3) is 10.9 Å². The molecule has 0 amide bonds. The molecule has 1 aliphatic rings. The summed E-state index contributed by atoms with van der Waals surface area (Å²) in [6, 6.07) is 7.23. The number of aromatic amines is 1. The van der Waals surface area contributed by atoms with E-state index in [1.54, 1.807) is 19.1 Å². The monoisotopic (exact) mass is 354 g/mol. The van der Waals surface area contributed by atoms with Gasteiger partial charge in [0.05, 0.1) is 18.1 Å². The molecule has 25 heavy (non-hydrogen) atoms. The number of aromatic nitrogens is 1. The van der Waals surface area contributed by atoms with Crippen molar-refractivity contribution in [1.29, 1.82) is 0 Å². The summed E-state index contributed by atoms with van der Waals surface area (Å²) in [5.41, 5.74) is 2.32. The van der Waals surface area contributed by atoms with Crippen LogP contribution in [0.3, 0.4) is 0 Å². The molecule has 136 valence electrons. The summed E-state index contributed by atoms with van der Waals surface area (Å²) >= 11 is 0. The van der Waals surface area contributed by atoms with Crippen LogP contribution in [0.2, 0.25) is 0 Å². The molecule has 7 heteroatoms. The van der Waals surface area contributed by atoms with E-state index in [4.69, 9.17) is 4.74 Å². The van der Waals surface area contributed by atoms with Crippen molar-refractivity contribution >= 4 is 16.9 Å². The van der Waals surface area contributed by atoms with Crippen LogP contribution >= 0.6 is 0 Å². The first-order valence-electron chi connectivity index (χ1n) is 8.44. The number of carbonyl (C=O) groups excluding carboxylic acids is 1. The normalized spacial score (nSPS) is 17.1. The van der Waals surface area contributed by atoms with E-state index < -0.39 is 12.1 Å². The number of ether oxygens (including phenoxy) is 1. The fraction of sp³-hybridized carbons (Fsp3) is 0.500. The number of piperidine rings is 1. The SMILES string of the molecule is CCOC(=O)c1ccc2[nH]c(CN3CCC(C(F)(F)F)CC3)cc2c1. The van der Waals surface area contributed by atoms with Crippen LogP contribution in [0.4, 0.5) is 13.2 Å². The van der Waals surface area contributed by atoms with Crippen LogP contribution in [0.1, 0.15) is 35.8 Å². The molecule has 1 aromatic carbocycles. The number of likely N-dealkylation sites (tertiary alicyclic amines) is 1. The van der Waals surface area contributed by atoms with Gasteiger partial charge in [0.15, 0.2) is 0 Å². The van der Waals surface area contributed by atoms with Gasteiger partial charge in [-0.2, -0.15) is 13.2 Å². The number of rotatable bonds is 4. The minimum absolute atomic E-state index is 0.150. The number of H-pyrrole nitrogens is 1. The predicted molar refractivity (Wildman–Crippen MR) is 88.3 cm³/mol. The average Bonchev–Trinajstić information content (AvgIpc) is 2.96. The Kier molecular flexibility index (Phi) is 5.03. The number of nitrogens with one attached hydrogen (secondary N) is 1. The summed E-state index contributed by atoms with van der Waals surface area (Å²) in [6.45, 7) is 3.53. The predicted octanol–water partition coefficient (Wildman–Crippen LogP) is 4.12. The molecule has 1 saturated heterocycles. The van der Waals surface area contributed by atoms with Gasteiger partial charge in [-0.25, -0.2) is 4.79 Å². The van der Waals surface area contributed by atoms with Crippen molar-refractivity contribution in [2.75, 3.05) is 19.7 Å². The Morgan fingerprint density at radius 2 is 2.00 bits per heavy atom. The van der Waals surface area contributed by atoms with Gasteiger partial charge in [0.25, 0.3) is 0 Å². The molecule has 2 aromatic rings. The molecule has 0 spiro atoms. The van der Waals surface area contributed by atoms with Gasteiger partial charge in [-0.3, -0.25) is 4.90 Å². The van der Waals surface area contributed by atoms with E-state index in [0.29, 0.717) is 31.8 Å². The highest BCUT2D eigenvalue weighted by atomic mass is 19.4. The first-order valence-corrected chi connectivity index (χ1v) is 8.44. The van der Waals surface area contributed by atoms with Gasteiger partial charge in [0, 0.05) is 23.1 Å². The molecule has 0 saturated carbocycles. The summed E-state index contributed by atoms with van der Waals surface area (Å²) in [7, 11) is 0. The Morgan fingerprint density at radius 1 is 1.28 bits per heavy atom. The van der Waals surface area contributed by atoms with Crippen LogP contribution in [-0.2, 0) is 11.3 Å². The number of fused-ring (bicyclic) bond motifs is 1. The molecule has 1 fully saturated rings. The fourth-order valence-corrected chi connectivity index (χ4v) is 3.28. The van der Waals surface area contributed by atoms with Gasteiger partial charge < -0.3 is 9.72 Å². The summed E-state index contributed by atoms with van der Waals surface area (Å²) in [5, 5.41) is 0.894. The molecule has 4 nitrogen and oxygen atoms in total. The molecule has 0 aliphatic carbocycles. The van der Waals surface area contributed by atoms with Crippen molar-refractivity contribution in [1.82, 2.24) is 9.88 Å². The molecule has 0 atom stereocenters. The maximum absolute atomic E-state index is 12.7. The summed E-state index contributed by atoms with van der Waals surface area (Å²) < 4.78 is 43.2. The Morgan fingerprint density at radius 3 is 2.64 bits per heavy atom. The van der Waals surface area contributed by atoms with Crippen molar-refractivity contribution < 1.29 is 22.7 Å². The lowest BCUT2D eigenvalue weighted by atomic mass is 9.96. The zero-order chi connectivity index (χ0) is 18.0. The van der Waals surface area contributed by atoms with E-state index in [1.807, 2.05) is 17.0 Å². The standard InChI is InChI=1S/C18H21F3N2O2/c1-2-25-17(24)12-3-4-16-13(9-12)10-15(22-16)11-23-7-5-14(6-8-23)18(19,20)21/h3-4,9-10,14,22H,2,5-8,11H2,1H3. The highest BCUT2D eigenvalue weighted by Crippen LogP contribution is 2.34. The number of nitrogens with zero attached hydrogens (tertiary/aromatic N) is 1. The first-order chi connectivity index (χ1) is 11.9. The van der Waals surface area contributed by atoms with Crippen LogP contribution in [0.5, 0.6) is 0 Å². The first kappa shape index (κ1) is 17.8. The second kappa shape index (κ2) is 7.07. The van der Waals surface area contributed by atoms with Gasteiger partial charge in [-0.15, -0.1) is 0 Å². The zero-order valence-electron chi connectivity index (χ0n) is 14.0. The minimum atomic E-state index is -4.09. The molecule has 1 aromatic heterocycles. The maximum Gasteiger partial charge on any atom is 0.391 e. The quantitative estimate of drug-likeness (QED) is 0.840. The molecule has 1 N–H and O–H groups in total. The van der Waals surface area contributed by atoms with E-state index >= 15 is 0 Å². The van der Waals surface area contributed by atoms with Crippen LogP contribution < -0.4 is 0 Å². The van der Waals surface area contributed by atoms with E-state index in [9.17, 15) is 18.0 Å². The van der Waals surface area contributed by atoms with Crippen molar-refractivity contribution in [2.45, 2.75) is 32.5 Å². The highest BCUT2D eigenvalue weighted by Gasteiger charge is 2.40. The topological polar surface area (TPSA) is 45.3 Å². The molecule has 0 radical (unpaired) electrons. The van der Waals surface area contributed by atoms with Crippen molar-refractivity contribution in [3.8, 4) is 0 Å².